The monoisotopic (exact) mass is 311 g/mol. The third kappa shape index (κ3) is 4.81. The van der Waals surface area contributed by atoms with E-state index in [2.05, 4.69) is 47.4 Å². The lowest BCUT2D eigenvalue weighted by Crippen LogP contribution is -2.42. The summed E-state index contributed by atoms with van der Waals surface area (Å²) in [7, 11) is 1.70. The highest BCUT2D eigenvalue weighted by Crippen LogP contribution is 2.17. The van der Waals surface area contributed by atoms with E-state index in [1.807, 2.05) is 12.1 Å². The molecular weight excluding hydrogens is 286 g/mol. The molecule has 0 aromatic heterocycles. The van der Waals surface area contributed by atoms with Crippen LogP contribution in [0.5, 0.6) is 5.75 Å². The summed E-state index contributed by atoms with van der Waals surface area (Å²) < 4.78 is 11.2. The van der Waals surface area contributed by atoms with Crippen LogP contribution in [-0.2, 0) is 17.7 Å². The fraction of sp³-hybridized carbons (Fsp3) is 0.400. The molecule has 0 N–H and O–H groups in total. The smallest absolute Gasteiger partial charge is 0.118 e. The fourth-order valence-corrected chi connectivity index (χ4v) is 3.06. The quantitative estimate of drug-likeness (QED) is 0.814. The van der Waals surface area contributed by atoms with Crippen LogP contribution >= 0.6 is 0 Å². The Morgan fingerprint density at radius 3 is 2.57 bits per heavy atom. The molecule has 1 saturated heterocycles. The summed E-state index contributed by atoms with van der Waals surface area (Å²) in [6.45, 7) is 3.83. The molecule has 3 heteroatoms. The lowest BCUT2D eigenvalue weighted by atomic mass is 10.1. The predicted molar refractivity (Wildman–Crippen MR) is 92.8 cm³/mol. The van der Waals surface area contributed by atoms with Gasteiger partial charge in [-0.05, 0) is 36.1 Å². The first-order valence-corrected chi connectivity index (χ1v) is 8.34. The van der Waals surface area contributed by atoms with E-state index >= 15 is 0 Å². The van der Waals surface area contributed by atoms with E-state index in [0.29, 0.717) is 6.10 Å². The highest BCUT2D eigenvalue weighted by Gasteiger charge is 2.20. The SMILES string of the molecule is COc1ccc(CN2CCO[C@@H](CCc3ccccc3)C2)cc1. The van der Waals surface area contributed by atoms with Gasteiger partial charge in [0.2, 0.25) is 0 Å². The van der Waals surface area contributed by atoms with Crippen LogP contribution in [0.1, 0.15) is 17.5 Å². The number of nitrogens with zero attached hydrogens (tertiary/aromatic N) is 1. The molecule has 122 valence electrons. The summed E-state index contributed by atoms with van der Waals surface area (Å²) in [5.41, 5.74) is 2.72. The van der Waals surface area contributed by atoms with Crippen LogP contribution in [-0.4, -0.2) is 37.8 Å². The van der Waals surface area contributed by atoms with Gasteiger partial charge in [-0.15, -0.1) is 0 Å². The summed E-state index contributed by atoms with van der Waals surface area (Å²) in [4.78, 5) is 2.49. The third-order valence-electron chi connectivity index (χ3n) is 4.39. The van der Waals surface area contributed by atoms with Crippen molar-refractivity contribution in [3.05, 3.63) is 65.7 Å². The molecular formula is C20H25NO2. The summed E-state index contributed by atoms with van der Waals surface area (Å²) in [6, 6.07) is 19.0. The van der Waals surface area contributed by atoms with Gasteiger partial charge < -0.3 is 9.47 Å². The highest BCUT2D eigenvalue weighted by atomic mass is 16.5. The molecule has 23 heavy (non-hydrogen) atoms. The zero-order chi connectivity index (χ0) is 15.9. The first-order chi connectivity index (χ1) is 11.3. The van der Waals surface area contributed by atoms with E-state index in [1.54, 1.807) is 7.11 Å². The number of methoxy groups -OCH3 is 1. The topological polar surface area (TPSA) is 21.7 Å². The molecule has 0 unspecified atom stereocenters. The lowest BCUT2D eigenvalue weighted by Gasteiger charge is -2.33. The molecule has 3 nitrogen and oxygen atoms in total. The highest BCUT2D eigenvalue weighted by molar-refractivity contribution is 5.27. The number of rotatable bonds is 6. The van der Waals surface area contributed by atoms with E-state index in [-0.39, 0.29) is 0 Å². The van der Waals surface area contributed by atoms with Crippen LogP contribution < -0.4 is 4.74 Å². The zero-order valence-electron chi connectivity index (χ0n) is 13.8. The number of ether oxygens (including phenoxy) is 2. The molecule has 0 saturated carbocycles. The van der Waals surface area contributed by atoms with Gasteiger partial charge in [-0.2, -0.15) is 0 Å². The molecule has 0 amide bonds. The Morgan fingerprint density at radius 1 is 1.04 bits per heavy atom. The first-order valence-electron chi connectivity index (χ1n) is 8.34. The summed E-state index contributed by atoms with van der Waals surface area (Å²) in [5.74, 6) is 0.913. The van der Waals surface area contributed by atoms with Crippen molar-refractivity contribution in [3.8, 4) is 5.75 Å². The van der Waals surface area contributed by atoms with Crippen LogP contribution in [0.2, 0.25) is 0 Å². The van der Waals surface area contributed by atoms with Crippen molar-refractivity contribution in [1.29, 1.82) is 0 Å². The number of hydrogen-bond acceptors (Lipinski definition) is 3. The molecule has 1 fully saturated rings. The van der Waals surface area contributed by atoms with Gasteiger partial charge in [0.25, 0.3) is 0 Å². The zero-order valence-corrected chi connectivity index (χ0v) is 13.8. The van der Waals surface area contributed by atoms with Crippen molar-refractivity contribution in [2.45, 2.75) is 25.5 Å². The molecule has 1 aliphatic heterocycles. The Morgan fingerprint density at radius 2 is 1.83 bits per heavy atom. The largest absolute Gasteiger partial charge is 0.497 e. The maximum atomic E-state index is 5.94. The fourth-order valence-electron chi connectivity index (χ4n) is 3.06. The second-order valence-corrected chi connectivity index (χ2v) is 6.10. The molecule has 1 atom stereocenters. The average Bonchev–Trinajstić information content (AvgIpc) is 2.62. The van der Waals surface area contributed by atoms with E-state index in [9.17, 15) is 0 Å². The molecule has 0 radical (unpaired) electrons. The van der Waals surface area contributed by atoms with Crippen LogP contribution in [0.15, 0.2) is 54.6 Å². The molecule has 0 spiro atoms. The van der Waals surface area contributed by atoms with Crippen molar-refractivity contribution < 1.29 is 9.47 Å². The van der Waals surface area contributed by atoms with Crippen molar-refractivity contribution in [2.75, 3.05) is 26.8 Å². The van der Waals surface area contributed by atoms with Crippen LogP contribution in [0.25, 0.3) is 0 Å². The van der Waals surface area contributed by atoms with Gasteiger partial charge in [-0.3, -0.25) is 4.90 Å². The molecule has 3 rings (SSSR count). The standard InChI is InChI=1S/C20H25NO2/c1-22-19-10-8-18(9-11-19)15-21-13-14-23-20(16-21)12-7-17-5-3-2-4-6-17/h2-6,8-11,20H,7,12-16H2,1H3/t20-/m0/s1. The number of aryl methyl sites for hydroxylation is 1. The summed E-state index contributed by atoms with van der Waals surface area (Å²) >= 11 is 0. The Balaban J connectivity index is 1.49. The van der Waals surface area contributed by atoms with Crippen molar-refractivity contribution in [1.82, 2.24) is 4.90 Å². The van der Waals surface area contributed by atoms with Gasteiger partial charge in [0.1, 0.15) is 5.75 Å². The molecule has 2 aromatic rings. The van der Waals surface area contributed by atoms with E-state index in [0.717, 1.165) is 44.8 Å². The second-order valence-electron chi connectivity index (χ2n) is 6.10. The minimum absolute atomic E-state index is 0.335. The average molecular weight is 311 g/mol. The second kappa shape index (κ2) is 8.14. The van der Waals surface area contributed by atoms with E-state index < -0.39 is 0 Å². The van der Waals surface area contributed by atoms with Gasteiger partial charge >= 0.3 is 0 Å². The van der Waals surface area contributed by atoms with Crippen molar-refractivity contribution >= 4 is 0 Å². The third-order valence-corrected chi connectivity index (χ3v) is 4.39. The van der Waals surface area contributed by atoms with Gasteiger partial charge in [0.15, 0.2) is 0 Å². The summed E-state index contributed by atoms with van der Waals surface area (Å²) in [5, 5.41) is 0. The number of hydrogen-bond donors (Lipinski definition) is 0. The minimum Gasteiger partial charge on any atom is -0.497 e. The van der Waals surface area contributed by atoms with E-state index in [1.165, 1.54) is 11.1 Å². The van der Waals surface area contributed by atoms with Crippen molar-refractivity contribution in [3.63, 3.8) is 0 Å². The number of benzene rings is 2. The first kappa shape index (κ1) is 16.0. The normalized spacial score (nSPS) is 18.7. The van der Waals surface area contributed by atoms with Crippen LogP contribution in [0.3, 0.4) is 0 Å². The van der Waals surface area contributed by atoms with Gasteiger partial charge in [-0.25, -0.2) is 0 Å². The Kier molecular flexibility index (Phi) is 5.67. The minimum atomic E-state index is 0.335. The Bertz CT molecular complexity index is 582. The Labute approximate surface area is 138 Å². The van der Waals surface area contributed by atoms with Crippen LogP contribution in [0.4, 0.5) is 0 Å². The van der Waals surface area contributed by atoms with Crippen molar-refractivity contribution in [2.24, 2.45) is 0 Å². The van der Waals surface area contributed by atoms with Gasteiger partial charge in [0, 0.05) is 19.6 Å². The lowest BCUT2D eigenvalue weighted by molar-refractivity contribution is -0.0345. The molecule has 2 aromatic carbocycles. The van der Waals surface area contributed by atoms with Gasteiger partial charge in [-0.1, -0.05) is 42.5 Å². The van der Waals surface area contributed by atoms with E-state index in [4.69, 9.17) is 9.47 Å². The molecule has 1 aliphatic rings. The molecule has 1 heterocycles. The Hall–Kier alpha value is -1.84. The summed E-state index contributed by atoms with van der Waals surface area (Å²) in [6.07, 6.45) is 2.51. The predicted octanol–water partition coefficient (Wildman–Crippen LogP) is 3.53. The number of morpholine rings is 1. The maximum Gasteiger partial charge on any atom is 0.118 e. The van der Waals surface area contributed by atoms with Gasteiger partial charge in [0.05, 0.1) is 19.8 Å². The van der Waals surface area contributed by atoms with Crippen LogP contribution in [0, 0.1) is 0 Å². The molecule has 0 aliphatic carbocycles. The molecule has 0 bridgehead atoms. The maximum absolute atomic E-state index is 5.94.